The summed E-state index contributed by atoms with van der Waals surface area (Å²) in [6, 6.07) is 0. The summed E-state index contributed by atoms with van der Waals surface area (Å²) in [5.41, 5.74) is 0.660. The molecule has 2 atom stereocenters. The Kier molecular flexibility index (Phi) is 2.58. The fraction of sp³-hybridized carbons (Fsp3) is 0.643. The molecule has 2 aromatic heterocycles. The minimum absolute atomic E-state index is 0.241. The molecule has 18 heavy (non-hydrogen) atoms. The Hall–Kier alpha value is -0.870. The first-order valence-corrected chi connectivity index (χ1v) is 7.39. The minimum atomic E-state index is -0.590. The number of aliphatic hydroxyl groups is 1. The van der Waals surface area contributed by atoms with Gasteiger partial charge in [-0.1, -0.05) is 20.8 Å². The van der Waals surface area contributed by atoms with E-state index in [4.69, 9.17) is 0 Å². The van der Waals surface area contributed by atoms with Crippen LogP contribution in [0, 0.1) is 11.3 Å². The summed E-state index contributed by atoms with van der Waals surface area (Å²) in [6.45, 7) is 6.65. The van der Waals surface area contributed by atoms with E-state index in [-0.39, 0.29) is 5.41 Å². The Morgan fingerprint density at radius 2 is 2.33 bits per heavy atom. The van der Waals surface area contributed by atoms with Gasteiger partial charge >= 0.3 is 0 Å². The standard InChI is InChI=1S/C14H20N2OS/c1-10-6-13(2,3)9-14(10,17)7-11-8-16-4-5-18-12(16)15-11/h4-5,8,10,17H,6-7,9H2,1-3H3. The molecule has 1 N–H and O–H groups in total. The predicted molar refractivity (Wildman–Crippen MR) is 73.9 cm³/mol. The first kappa shape index (κ1) is 12.2. The van der Waals surface area contributed by atoms with Crippen LogP contribution in [-0.2, 0) is 6.42 Å². The van der Waals surface area contributed by atoms with Crippen LogP contribution >= 0.6 is 11.3 Å². The van der Waals surface area contributed by atoms with Crippen LogP contribution in [0.15, 0.2) is 17.8 Å². The van der Waals surface area contributed by atoms with Crippen molar-refractivity contribution in [3.05, 3.63) is 23.5 Å². The molecule has 1 aliphatic carbocycles. The highest BCUT2D eigenvalue weighted by molar-refractivity contribution is 7.15. The highest BCUT2D eigenvalue weighted by Gasteiger charge is 2.47. The molecule has 1 saturated carbocycles. The highest BCUT2D eigenvalue weighted by Crippen LogP contribution is 2.48. The second-order valence-electron chi connectivity index (χ2n) is 6.55. The molecule has 3 rings (SSSR count). The molecular formula is C14H20N2OS. The lowest BCUT2D eigenvalue weighted by atomic mass is 9.86. The number of aromatic nitrogens is 2. The summed E-state index contributed by atoms with van der Waals surface area (Å²) in [6.07, 6.45) is 6.69. The van der Waals surface area contributed by atoms with E-state index in [9.17, 15) is 5.11 Å². The molecule has 0 bridgehead atoms. The fourth-order valence-corrected chi connectivity index (χ4v) is 4.22. The Bertz CT molecular complexity index is 543. The third kappa shape index (κ3) is 1.97. The largest absolute Gasteiger partial charge is 0.389 e. The van der Waals surface area contributed by atoms with E-state index in [1.807, 2.05) is 22.2 Å². The quantitative estimate of drug-likeness (QED) is 0.905. The van der Waals surface area contributed by atoms with Crippen molar-refractivity contribution in [3.8, 4) is 0 Å². The average Bonchev–Trinajstić information content (AvgIpc) is 2.79. The van der Waals surface area contributed by atoms with Gasteiger partial charge in [-0.15, -0.1) is 11.3 Å². The average molecular weight is 264 g/mol. The van der Waals surface area contributed by atoms with Crippen LogP contribution in [0.5, 0.6) is 0 Å². The summed E-state index contributed by atoms with van der Waals surface area (Å²) in [4.78, 5) is 5.60. The minimum Gasteiger partial charge on any atom is -0.389 e. The topological polar surface area (TPSA) is 37.5 Å². The zero-order chi connectivity index (χ0) is 13.0. The summed E-state index contributed by atoms with van der Waals surface area (Å²) < 4.78 is 2.04. The van der Waals surface area contributed by atoms with Gasteiger partial charge in [0.05, 0.1) is 11.3 Å². The molecule has 0 aromatic carbocycles. The van der Waals surface area contributed by atoms with Crippen molar-refractivity contribution < 1.29 is 5.11 Å². The molecule has 0 saturated heterocycles. The molecule has 0 aliphatic heterocycles. The van der Waals surface area contributed by atoms with Crippen LogP contribution < -0.4 is 0 Å². The second kappa shape index (κ2) is 3.81. The first-order valence-electron chi connectivity index (χ1n) is 6.51. The Morgan fingerprint density at radius 3 is 2.94 bits per heavy atom. The van der Waals surface area contributed by atoms with Crippen molar-refractivity contribution in [2.24, 2.45) is 11.3 Å². The SMILES string of the molecule is CC1CC(C)(C)CC1(O)Cc1cn2ccsc2n1. The molecule has 1 aliphatic rings. The van der Waals surface area contributed by atoms with Crippen LogP contribution in [0.4, 0.5) is 0 Å². The maximum absolute atomic E-state index is 10.9. The van der Waals surface area contributed by atoms with Gasteiger partial charge in [0, 0.05) is 24.2 Å². The Morgan fingerprint density at radius 1 is 1.56 bits per heavy atom. The van der Waals surface area contributed by atoms with Gasteiger partial charge in [-0.05, 0) is 24.2 Å². The number of hydrogen-bond acceptors (Lipinski definition) is 3. The van der Waals surface area contributed by atoms with Gasteiger partial charge < -0.3 is 5.11 Å². The molecule has 3 nitrogen and oxygen atoms in total. The third-order valence-corrected chi connectivity index (χ3v) is 4.96. The summed E-state index contributed by atoms with van der Waals surface area (Å²) in [5.74, 6) is 0.340. The molecule has 2 unspecified atom stereocenters. The Balaban J connectivity index is 1.85. The third-order valence-electron chi connectivity index (χ3n) is 4.19. The molecule has 1 fully saturated rings. The van der Waals surface area contributed by atoms with E-state index >= 15 is 0 Å². The molecule has 4 heteroatoms. The highest BCUT2D eigenvalue weighted by atomic mass is 32.1. The van der Waals surface area contributed by atoms with Crippen molar-refractivity contribution in [1.82, 2.24) is 9.38 Å². The lowest BCUT2D eigenvalue weighted by Crippen LogP contribution is -2.34. The van der Waals surface area contributed by atoms with E-state index in [0.717, 1.165) is 23.5 Å². The van der Waals surface area contributed by atoms with Gasteiger partial charge in [0.25, 0.3) is 0 Å². The molecule has 0 spiro atoms. The van der Waals surface area contributed by atoms with Gasteiger partial charge in [-0.2, -0.15) is 0 Å². The normalized spacial score (nSPS) is 31.2. The Labute approximate surface area is 111 Å². The van der Waals surface area contributed by atoms with Crippen molar-refractivity contribution in [2.45, 2.75) is 45.6 Å². The molecule has 0 amide bonds. The van der Waals surface area contributed by atoms with Crippen LogP contribution in [0.25, 0.3) is 4.96 Å². The number of fused-ring (bicyclic) bond motifs is 1. The van der Waals surface area contributed by atoms with E-state index < -0.39 is 5.60 Å². The smallest absolute Gasteiger partial charge is 0.193 e. The monoisotopic (exact) mass is 264 g/mol. The van der Waals surface area contributed by atoms with Crippen LogP contribution in [-0.4, -0.2) is 20.1 Å². The molecule has 2 heterocycles. The lowest BCUT2D eigenvalue weighted by molar-refractivity contribution is 0.00371. The maximum Gasteiger partial charge on any atom is 0.193 e. The van der Waals surface area contributed by atoms with Gasteiger partial charge in [0.1, 0.15) is 0 Å². The van der Waals surface area contributed by atoms with Gasteiger partial charge in [0.15, 0.2) is 4.96 Å². The predicted octanol–water partition coefficient (Wildman–Crippen LogP) is 3.13. The first-order chi connectivity index (χ1) is 8.38. The van der Waals surface area contributed by atoms with Gasteiger partial charge in [0.2, 0.25) is 0 Å². The number of thiazole rings is 1. The van der Waals surface area contributed by atoms with Crippen LogP contribution in [0.1, 0.15) is 39.3 Å². The molecule has 2 aromatic rings. The number of imidazole rings is 1. The summed E-state index contributed by atoms with van der Waals surface area (Å²) >= 11 is 1.64. The fourth-order valence-electron chi connectivity index (χ4n) is 3.51. The van der Waals surface area contributed by atoms with E-state index in [2.05, 4.69) is 25.8 Å². The number of nitrogens with zero attached hydrogens (tertiary/aromatic N) is 2. The number of rotatable bonds is 2. The van der Waals surface area contributed by atoms with E-state index in [0.29, 0.717) is 12.3 Å². The van der Waals surface area contributed by atoms with Crippen LogP contribution in [0.2, 0.25) is 0 Å². The molecule has 0 radical (unpaired) electrons. The second-order valence-corrected chi connectivity index (χ2v) is 7.42. The van der Waals surface area contributed by atoms with Crippen molar-refractivity contribution >= 4 is 16.3 Å². The van der Waals surface area contributed by atoms with Gasteiger partial charge in [-0.3, -0.25) is 4.40 Å². The van der Waals surface area contributed by atoms with Crippen molar-refractivity contribution in [2.75, 3.05) is 0 Å². The summed E-state index contributed by atoms with van der Waals surface area (Å²) in [7, 11) is 0. The van der Waals surface area contributed by atoms with E-state index in [1.165, 1.54) is 0 Å². The molecular weight excluding hydrogens is 244 g/mol. The number of hydrogen-bond donors (Lipinski definition) is 1. The van der Waals surface area contributed by atoms with Crippen molar-refractivity contribution in [1.29, 1.82) is 0 Å². The van der Waals surface area contributed by atoms with E-state index in [1.54, 1.807) is 11.3 Å². The molecule has 98 valence electrons. The zero-order valence-corrected chi connectivity index (χ0v) is 12.0. The summed E-state index contributed by atoms with van der Waals surface area (Å²) in [5, 5.41) is 12.9. The van der Waals surface area contributed by atoms with Crippen molar-refractivity contribution in [3.63, 3.8) is 0 Å². The van der Waals surface area contributed by atoms with Crippen LogP contribution in [0.3, 0.4) is 0 Å². The van der Waals surface area contributed by atoms with Gasteiger partial charge in [-0.25, -0.2) is 4.98 Å². The lowest BCUT2D eigenvalue weighted by Gasteiger charge is -2.27. The zero-order valence-electron chi connectivity index (χ0n) is 11.2. The maximum atomic E-state index is 10.9.